The van der Waals surface area contributed by atoms with Crippen molar-refractivity contribution in [3.8, 4) is 0 Å². The second kappa shape index (κ2) is 2.30. The summed E-state index contributed by atoms with van der Waals surface area (Å²) in [5, 5.41) is 16.0. The van der Waals surface area contributed by atoms with Crippen LogP contribution in [0.15, 0.2) is 0 Å². The van der Waals surface area contributed by atoms with Crippen LogP contribution >= 0.6 is 0 Å². The Hall–Kier alpha value is -1.39. The molecule has 1 heterocycles. The Labute approximate surface area is 69.0 Å². The van der Waals surface area contributed by atoms with Gasteiger partial charge in [-0.1, -0.05) is 5.21 Å². The van der Waals surface area contributed by atoms with Crippen molar-refractivity contribution in [2.45, 2.75) is 25.8 Å². The van der Waals surface area contributed by atoms with Crippen molar-refractivity contribution in [3.63, 3.8) is 0 Å². The summed E-state index contributed by atoms with van der Waals surface area (Å²) in [6, 6.07) is 0.394. The maximum Gasteiger partial charge on any atom is 0.358 e. The lowest BCUT2D eigenvalue weighted by Gasteiger charge is -1.97. The van der Waals surface area contributed by atoms with Crippen LogP contribution in [0.4, 0.5) is 0 Å². The van der Waals surface area contributed by atoms with Crippen LogP contribution in [0, 0.1) is 6.92 Å². The maximum atomic E-state index is 10.6. The molecule has 1 aromatic heterocycles. The molecule has 12 heavy (non-hydrogen) atoms. The van der Waals surface area contributed by atoms with Crippen LogP contribution in [-0.2, 0) is 0 Å². The zero-order valence-electron chi connectivity index (χ0n) is 6.69. The second-order valence-corrected chi connectivity index (χ2v) is 3.00. The first-order chi connectivity index (χ1) is 5.70. The molecule has 1 aliphatic carbocycles. The van der Waals surface area contributed by atoms with E-state index in [1.165, 1.54) is 0 Å². The SMILES string of the molecule is Cc1c(C(=O)O)nnn1C1CC1. The topological polar surface area (TPSA) is 68.0 Å². The van der Waals surface area contributed by atoms with Gasteiger partial charge in [-0.3, -0.25) is 0 Å². The fraction of sp³-hybridized carbons (Fsp3) is 0.571. The highest BCUT2D eigenvalue weighted by Crippen LogP contribution is 2.35. The molecule has 0 unspecified atom stereocenters. The summed E-state index contributed by atoms with van der Waals surface area (Å²) < 4.78 is 1.70. The second-order valence-electron chi connectivity index (χ2n) is 3.00. The Balaban J connectivity index is 2.39. The van der Waals surface area contributed by atoms with E-state index >= 15 is 0 Å². The molecule has 1 N–H and O–H groups in total. The Bertz CT molecular complexity index is 327. The van der Waals surface area contributed by atoms with E-state index < -0.39 is 5.97 Å². The Kier molecular flexibility index (Phi) is 1.39. The van der Waals surface area contributed by atoms with Crippen LogP contribution in [0.1, 0.15) is 35.1 Å². The molecule has 1 saturated carbocycles. The lowest BCUT2D eigenvalue weighted by Crippen LogP contribution is -2.02. The molecular weight excluding hydrogens is 158 g/mol. The quantitative estimate of drug-likeness (QED) is 0.701. The monoisotopic (exact) mass is 167 g/mol. The normalized spacial score (nSPS) is 16.4. The molecule has 1 aromatic rings. The van der Waals surface area contributed by atoms with Crippen LogP contribution in [0.3, 0.4) is 0 Å². The van der Waals surface area contributed by atoms with E-state index in [-0.39, 0.29) is 5.69 Å². The molecule has 0 atom stereocenters. The average Bonchev–Trinajstić information content (AvgIpc) is 2.75. The highest BCUT2D eigenvalue weighted by atomic mass is 16.4. The van der Waals surface area contributed by atoms with Crippen LogP contribution in [0.25, 0.3) is 0 Å². The number of hydrogen-bond donors (Lipinski definition) is 1. The molecule has 0 bridgehead atoms. The van der Waals surface area contributed by atoms with Gasteiger partial charge in [-0.05, 0) is 19.8 Å². The largest absolute Gasteiger partial charge is 0.476 e. The van der Waals surface area contributed by atoms with E-state index in [9.17, 15) is 4.79 Å². The molecule has 2 rings (SSSR count). The number of carboxylic acid groups (broad SMARTS) is 1. The van der Waals surface area contributed by atoms with E-state index in [0.717, 1.165) is 12.8 Å². The molecule has 0 aliphatic heterocycles. The van der Waals surface area contributed by atoms with Gasteiger partial charge >= 0.3 is 5.97 Å². The minimum atomic E-state index is -1.00. The Morgan fingerprint density at radius 1 is 1.67 bits per heavy atom. The predicted octanol–water partition coefficient (Wildman–Crippen LogP) is 0.620. The summed E-state index contributed by atoms with van der Waals surface area (Å²) in [6.07, 6.45) is 2.17. The molecule has 5 nitrogen and oxygen atoms in total. The van der Waals surface area contributed by atoms with E-state index in [0.29, 0.717) is 11.7 Å². The van der Waals surface area contributed by atoms with Crippen LogP contribution in [-0.4, -0.2) is 26.1 Å². The number of rotatable bonds is 2. The Morgan fingerprint density at radius 3 is 2.75 bits per heavy atom. The lowest BCUT2D eigenvalue weighted by molar-refractivity contribution is 0.0689. The van der Waals surface area contributed by atoms with Crippen molar-refractivity contribution in [2.75, 3.05) is 0 Å². The van der Waals surface area contributed by atoms with Crippen molar-refractivity contribution in [2.24, 2.45) is 0 Å². The zero-order valence-corrected chi connectivity index (χ0v) is 6.69. The first-order valence-corrected chi connectivity index (χ1v) is 3.85. The minimum Gasteiger partial charge on any atom is -0.476 e. The zero-order chi connectivity index (χ0) is 8.72. The molecular formula is C7H9N3O2. The first-order valence-electron chi connectivity index (χ1n) is 3.85. The summed E-state index contributed by atoms with van der Waals surface area (Å²) in [6.45, 7) is 1.74. The molecule has 0 spiro atoms. The third kappa shape index (κ3) is 0.975. The third-order valence-electron chi connectivity index (χ3n) is 2.02. The number of carbonyl (C=O) groups is 1. The summed E-state index contributed by atoms with van der Waals surface area (Å²) in [5.41, 5.74) is 0.729. The average molecular weight is 167 g/mol. The number of carboxylic acids is 1. The molecule has 64 valence electrons. The van der Waals surface area contributed by atoms with Crippen LogP contribution in [0.2, 0.25) is 0 Å². The van der Waals surface area contributed by atoms with Gasteiger partial charge in [-0.2, -0.15) is 0 Å². The summed E-state index contributed by atoms with van der Waals surface area (Å²) in [5.74, 6) is -1.00. The maximum absolute atomic E-state index is 10.6. The van der Waals surface area contributed by atoms with Gasteiger partial charge in [0.05, 0.1) is 11.7 Å². The number of hydrogen-bond acceptors (Lipinski definition) is 3. The summed E-state index contributed by atoms with van der Waals surface area (Å²) in [4.78, 5) is 10.6. The summed E-state index contributed by atoms with van der Waals surface area (Å²) in [7, 11) is 0. The molecule has 5 heteroatoms. The molecule has 0 amide bonds. The van der Waals surface area contributed by atoms with Gasteiger partial charge in [0.1, 0.15) is 0 Å². The molecule has 1 aliphatic rings. The van der Waals surface area contributed by atoms with E-state index in [1.54, 1.807) is 11.6 Å². The highest BCUT2D eigenvalue weighted by molar-refractivity contribution is 5.86. The fourth-order valence-electron chi connectivity index (χ4n) is 1.20. The first kappa shape index (κ1) is 7.27. The molecule has 0 aromatic carbocycles. The van der Waals surface area contributed by atoms with Gasteiger partial charge < -0.3 is 5.11 Å². The lowest BCUT2D eigenvalue weighted by atomic mass is 10.3. The smallest absolute Gasteiger partial charge is 0.358 e. The molecule has 1 fully saturated rings. The van der Waals surface area contributed by atoms with E-state index in [1.807, 2.05) is 0 Å². The van der Waals surface area contributed by atoms with Crippen molar-refractivity contribution < 1.29 is 9.90 Å². The minimum absolute atomic E-state index is 0.0712. The van der Waals surface area contributed by atoms with Crippen LogP contribution in [0.5, 0.6) is 0 Å². The summed E-state index contributed by atoms with van der Waals surface area (Å²) >= 11 is 0. The number of aromatic nitrogens is 3. The van der Waals surface area contributed by atoms with Gasteiger partial charge in [-0.15, -0.1) is 5.10 Å². The van der Waals surface area contributed by atoms with Gasteiger partial charge in [0.15, 0.2) is 5.69 Å². The fourth-order valence-corrected chi connectivity index (χ4v) is 1.20. The van der Waals surface area contributed by atoms with Gasteiger partial charge in [-0.25, -0.2) is 9.48 Å². The van der Waals surface area contributed by atoms with Crippen molar-refractivity contribution in [3.05, 3.63) is 11.4 Å². The molecule has 0 saturated heterocycles. The number of aromatic carboxylic acids is 1. The van der Waals surface area contributed by atoms with Crippen molar-refractivity contribution in [1.29, 1.82) is 0 Å². The van der Waals surface area contributed by atoms with Gasteiger partial charge in [0.2, 0.25) is 0 Å². The van der Waals surface area contributed by atoms with E-state index in [4.69, 9.17) is 5.11 Å². The third-order valence-corrected chi connectivity index (χ3v) is 2.02. The van der Waals surface area contributed by atoms with Gasteiger partial charge in [0, 0.05) is 0 Å². The number of nitrogens with zero attached hydrogens (tertiary/aromatic N) is 3. The highest BCUT2D eigenvalue weighted by Gasteiger charge is 2.28. The Morgan fingerprint density at radius 2 is 2.33 bits per heavy atom. The predicted molar refractivity (Wildman–Crippen MR) is 40.0 cm³/mol. The van der Waals surface area contributed by atoms with E-state index in [2.05, 4.69) is 10.3 Å². The van der Waals surface area contributed by atoms with Gasteiger partial charge in [0.25, 0.3) is 0 Å². The van der Waals surface area contributed by atoms with Crippen molar-refractivity contribution in [1.82, 2.24) is 15.0 Å². The molecule has 0 radical (unpaired) electrons. The van der Waals surface area contributed by atoms with Crippen LogP contribution < -0.4 is 0 Å². The van der Waals surface area contributed by atoms with Crippen molar-refractivity contribution >= 4 is 5.97 Å². The standard InChI is InChI=1S/C7H9N3O2/c1-4-6(7(11)12)8-9-10(4)5-2-3-5/h5H,2-3H2,1H3,(H,11,12).